The number of alkyl halides is 1. The van der Waals surface area contributed by atoms with Gasteiger partial charge >= 0.3 is 0 Å². The van der Waals surface area contributed by atoms with Gasteiger partial charge < -0.3 is 19.5 Å². The maximum absolute atomic E-state index is 6.34. The van der Waals surface area contributed by atoms with Crippen molar-refractivity contribution < 1.29 is 14.2 Å². The summed E-state index contributed by atoms with van der Waals surface area (Å²) in [5.41, 5.74) is 0.792. The molecule has 162 valence electrons. The van der Waals surface area contributed by atoms with Gasteiger partial charge in [0.1, 0.15) is 24.1 Å². The minimum absolute atomic E-state index is 0.263. The van der Waals surface area contributed by atoms with Crippen molar-refractivity contribution in [2.75, 3.05) is 11.2 Å². The van der Waals surface area contributed by atoms with Gasteiger partial charge in [0.15, 0.2) is 29.0 Å². The summed E-state index contributed by atoms with van der Waals surface area (Å²) in [6, 6.07) is 0.477. The SMILES string of the molecule is CC1(C)O[C@@H]2[C@@H](CCl)O[C@@H](n3cnc4c(N[C@H]5C[C@H]6CC[C@@H]5C6)ncnc43)[C@]2(C)O1. The fourth-order valence-corrected chi connectivity index (χ4v) is 6.46. The van der Waals surface area contributed by atoms with Gasteiger partial charge in [-0.1, -0.05) is 6.42 Å². The van der Waals surface area contributed by atoms with Crippen LogP contribution in [-0.2, 0) is 14.2 Å². The molecular weight excluding hydrogens is 406 g/mol. The molecule has 8 nitrogen and oxygen atoms in total. The highest BCUT2D eigenvalue weighted by Crippen LogP contribution is 2.52. The molecule has 2 saturated carbocycles. The molecule has 7 atom stereocenters. The Morgan fingerprint density at radius 2 is 2.07 bits per heavy atom. The average Bonchev–Trinajstić information content (AvgIpc) is 3.48. The summed E-state index contributed by atoms with van der Waals surface area (Å²) in [5, 5.41) is 3.66. The van der Waals surface area contributed by atoms with E-state index in [1.54, 1.807) is 12.7 Å². The molecule has 2 aliphatic heterocycles. The maximum atomic E-state index is 6.34. The van der Waals surface area contributed by atoms with Crippen LogP contribution in [0.1, 0.15) is 52.7 Å². The number of fused-ring (bicyclic) bond motifs is 4. The molecule has 6 rings (SSSR count). The summed E-state index contributed by atoms with van der Waals surface area (Å²) in [5.74, 6) is 2.03. The number of aromatic nitrogens is 4. The van der Waals surface area contributed by atoms with Crippen LogP contribution in [0.4, 0.5) is 5.82 Å². The van der Waals surface area contributed by atoms with Crippen molar-refractivity contribution in [3.63, 3.8) is 0 Å². The third kappa shape index (κ3) is 2.73. The summed E-state index contributed by atoms with van der Waals surface area (Å²) >= 11 is 6.20. The van der Waals surface area contributed by atoms with Crippen LogP contribution < -0.4 is 5.32 Å². The normalized spacial score (nSPS) is 41.6. The number of nitrogens with one attached hydrogen (secondary N) is 1. The zero-order chi connectivity index (χ0) is 20.7. The molecule has 4 heterocycles. The third-order valence-electron chi connectivity index (χ3n) is 7.40. The molecule has 2 saturated heterocycles. The Hall–Kier alpha value is -1.48. The minimum atomic E-state index is -0.703. The molecule has 2 aromatic heterocycles. The topological polar surface area (TPSA) is 83.3 Å². The molecule has 0 amide bonds. The van der Waals surface area contributed by atoms with Gasteiger partial charge in [-0.05, 0) is 51.9 Å². The van der Waals surface area contributed by atoms with E-state index in [1.165, 1.54) is 25.7 Å². The summed E-state index contributed by atoms with van der Waals surface area (Å²) in [6.07, 6.45) is 7.63. The van der Waals surface area contributed by atoms with Crippen molar-refractivity contribution in [2.45, 2.75) is 82.3 Å². The summed E-state index contributed by atoms with van der Waals surface area (Å²) < 4.78 is 20.7. The Morgan fingerprint density at radius 1 is 1.20 bits per heavy atom. The second-order valence-corrected chi connectivity index (χ2v) is 10.2. The Bertz CT molecular complexity index is 983. The molecule has 2 aromatic rings. The maximum Gasteiger partial charge on any atom is 0.168 e. The monoisotopic (exact) mass is 433 g/mol. The molecule has 9 heteroatoms. The number of anilines is 1. The number of imidazole rings is 1. The zero-order valence-electron chi connectivity index (χ0n) is 17.5. The smallest absolute Gasteiger partial charge is 0.168 e. The molecule has 30 heavy (non-hydrogen) atoms. The summed E-state index contributed by atoms with van der Waals surface area (Å²) in [6.45, 7) is 5.86. The molecule has 4 fully saturated rings. The van der Waals surface area contributed by atoms with Crippen LogP contribution >= 0.6 is 11.6 Å². The fraction of sp³-hybridized carbons (Fsp3) is 0.762. The van der Waals surface area contributed by atoms with E-state index in [4.69, 9.17) is 25.8 Å². The van der Waals surface area contributed by atoms with Gasteiger partial charge in [0.05, 0.1) is 12.2 Å². The quantitative estimate of drug-likeness (QED) is 0.739. The highest BCUT2D eigenvalue weighted by molar-refractivity contribution is 6.18. The van der Waals surface area contributed by atoms with E-state index >= 15 is 0 Å². The molecular formula is C21H28ClN5O3. The van der Waals surface area contributed by atoms with Gasteiger partial charge in [0.2, 0.25) is 0 Å². The van der Waals surface area contributed by atoms with Crippen LogP contribution in [0.15, 0.2) is 12.7 Å². The highest BCUT2D eigenvalue weighted by Gasteiger charge is 2.64. The lowest BCUT2D eigenvalue weighted by molar-refractivity contribution is -0.212. The number of ether oxygens (including phenoxy) is 3. The van der Waals surface area contributed by atoms with Crippen LogP contribution in [0.5, 0.6) is 0 Å². The van der Waals surface area contributed by atoms with Gasteiger partial charge in [0.25, 0.3) is 0 Å². The van der Waals surface area contributed by atoms with Crippen molar-refractivity contribution >= 4 is 28.6 Å². The van der Waals surface area contributed by atoms with Crippen LogP contribution in [0.2, 0.25) is 0 Å². The molecule has 0 spiro atoms. The van der Waals surface area contributed by atoms with E-state index in [0.717, 1.165) is 28.8 Å². The second kappa shape index (κ2) is 6.51. The first-order chi connectivity index (χ1) is 14.4. The first-order valence-corrected chi connectivity index (χ1v) is 11.4. The van der Waals surface area contributed by atoms with Gasteiger partial charge in [-0.3, -0.25) is 4.57 Å². The van der Waals surface area contributed by atoms with Crippen molar-refractivity contribution in [3.8, 4) is 0 Å². The van der Waals surface area contributed by atoms with Crippen LogP contribution in [0.3, 0.4) is 0 Å². The van der Waals surface area contributed by atoms with Crippen molar-refractivity contribution in [1.29, 1.82) is 0 Å². The van der Waals surface area contributed by atoms with Gasteiger partial charge in [-0.15, -0.1) is 11.6 Å². The second-order valence-electron chi connectivity index (χ2n) is 9.88. The molecule has 0 radical (unpaired) electrons. The Labute approximate surface area is 180 Å². The molecule has 2 aliphatic carbocycles. The standard InChI is InChI=1S/C21H28ClN5O3/c1-20(2)29-16-14(8-22)28-19(21(16,3)30-20)27-10-25-15-17(23-9-24-18(15)27)26-13-7-11-4-5-12(13)6-11/h9-14,16,19H,4-8H2,1-3H3,(H,23,24,26)/t11-,12+,13-,14+,16+,19+,21+/m0/s1. The summed E-state index contributed by atoms with van der Waals surface area (Å²) in [4.78, 5) is 13.7. The van der Waals surface area contributed by atoms with E-state index in [9.17, 15) is 0 Å². The number of nitrogens with zero attached hydrogens (tertiary/aromatic N) is 4. The van der Waals surface area contributed by atoms with Crippen LogP contribution in [0.25, 0.3) is 11.2 Å². The minimum Gasteiger partial charge on any atom is -0.365 e. The fourth-order valence-electron chi connectivity index (χ4n) is 6.23. The zero-order valence-corrected chi connectivity index (χ0v) is 18.3. The summed E-state index contributed by atoms with van der Waals surface area (Å²) in [7, 11) is 0. The number of halogens is 1. The van der Waals surface area contributed by atoms with Crippen molar-refractivity contribution in [1.82, 2.24) is 19.5 Å². The van der Waals surface area contributed by atoms with E-state index in [2.05, 4.69) is 20.3 Å². The lowest BCUT2D eigenvalue weighted by atomic mass is 9.95. The molecule has 2 bridgehead atoms. The average molecular weight is 434 g/mol. The number of hydrogen-bond acceptors (Lipinski definition) is 7. The third-order valence-corrected chi connectivity index (χ3v) is 7.70. The van der Waals surface area contributed by atoms with Gasteiger partial charge in [-0.25, -0.2) is 15.0 Å². The van der Waals surface area contributed by atoms with Crippen LogP contribution in [0, 0.1) is 11.8 Å². The molecule has 0 aromatic carbocycles. The lowest BCUT2D eigenvalue weighted by Gasteiger charge is -2.30. The number of hydrogen-bond donors (Lipinski definition) is 1. The Kier molecular flexibility index (Phi) is 4.17. The lowest BCUT2D eigenvalue weighted by Crippen LogP contribution is -2.41. The first kappa shape index (κ1) is 19.2. The van der Waals surface area contributed by atoms with Gasteiger partial charge in [-0.2, -0.15) is 0 Å². The predicted octanol–water partition coefficient (Wildman–Crippen LogP) is 3.47. The molecule has 1 N–H and O–H groups in total. The van der Waals surface area contributed by atoms with E-state index in [0.29, 0.717) is 11.9 Å². The van der Waals surface area contributed by atoms with Crippen molar-refractivity contribution in [3.05, 3.63) is 12.7 Å². The highest BCUT2D eigenvalue weighted by atomic mass is 35.5. The Balaban J connectivity index is 1.35. The van der Waals surface area contributed by atoms with E-state index in [-0.39, 0.29) is 12.2 Å². The van der Waals surface area contributed by atoms with E-state index in [1.807, 2.05) is 25.3 Å². The predicted molar refractivity (Wildman–Crippen MR) is 111 cm³/mol. The number of rotatable bonds is 4. The first-order valence-electron chi connectivity index (χ1n) is 10.9. The van der Waals surface area contributed by atoms with Crippen LogP contribution in [-0.4, -0.2) is 55.0 Å². The largest absolute Gasteiger partial charge is 0.365 e. The van der Waals surface area contributed by atoms with E-state index < -0.39 is 17.6 Å². The van der Waals surface area contributed by atoms with Gasteiger partial charge in [0, 0.05) is 6.04 Å². The molecule has 4 aliphatic rings. The molecule has 0 unspecified atom stereocenters. The Morgan fingerprint density at radius 3 is 2.80 bits per heavy atom. The van der Waals surface area contributed by atoms with Crippen molar-refractivity contribution in [2.24, 2.45) is 11.8 Å².